The summed E-state index contributed by atoms with van der Waals surface area (Å²) in [6, 6.07) is 12.1. The maximum atomic E-state index is 12.2. The summed E-state index contributed by atoms with van der Waals surface area (Å²) in [5.41, 5.74) is 2.74. The molecular formula is C18H21ClN2OS. The molecule has 0 aliphatic carbocycles. The molecule has 2 heterocycles. The van der Waals surface area contributed by atoms with Gasteiger partial charge in [-0.1, -0.05) is 35.9 Å². The first-order chi connectivity index (χ1) is 11.0. The van der Waals surface area contributed by atoms with Crippen molar-refractivity contribution in [3.8, 4) is 0 Å². The van der Waals surface area contributed by atoms with Crippen LogP contribution in [0.2, 0.25) is 4.34 Å². The van der Waals surface area contributed by atoms with E-state index in [0.717, 1.165) is 19.5 Å². The number of nitrogens with zero attached hydrogens (tertiary/aromatic N) is 1. The van der Waals surface area contributed by atoms with E-state index in [0.29, 0.717) is 15.8 Å². The number of carbonyl (C=O) groups excluding carboxylic acids is 1. The van der Waals surface area contributed by atoms with Crippen LogP contribution in [0.25, 0.3) is 0 Å². The normalized spacial score (nSPS) is 15.3. The number of fused-ring (bicyclic) bond motifs is 1. The van der Waals surface area contributed by atoms with Gasteiger partial charge in [0.2, 0.25) is 0 Å². The number of hydrogen-bond acceptors (Lipinski definition) is 3. The Morgan fingerprint density at radius 2 is 2.00 bits per heavy atom. The second-order valence-electron chi connectivity index (χ2n) is 6.54. The molecule has 1 amide bonds. The minimum atomic E-state index is -0.0930. The molecule has 3 rings (SSSR count). The lowest BCUT2D eigenvalue weighted by Gasteiger charge is -2.41. The molecule has 0 radical (unpaired) electrons. The highest BCUT2D eigenvalue weighted by Crippen LogP contribution is 2.25. The second-order valence-corrected chi connectivity index (χ2v) is 8.25. The van der Waals surface area contributed by atoms with Gasteiger partial charge in [0.05, 0.1) is 9.21 Å². The Labute approximate surface area is 146 Å². The zero-order chi connectivity index (χ0) is 16.4. The quantitative estimate of drug-likeness (QED) is 0.906. The van der Waals surface area contributed by atoms with E-state index in [1.54, 1.807) is 12.1 Å². The summed E-state index contributed by atoms with van der Waals surface area (Å²) >= 11 is 7.21. The summed E-state index contributed by atoms with van der Waals surface area (Å²) in [5, 5.41) is 3.04. The van der Waals surface area contributed by atoms with E-state index in [1.165, 1.54) is 22.5 Å². The number of halogens is 1. The SMILES string of the molecule is CC(C)(CNC(=O)c1ccc(Cl)s1)N1CCc2ccccc2C1. The molecule has 1 aliphatic heterocycles. The lowest BCUT2D eigenvalue weighted by molar-refractivity contribution is 0.0829. The zero-order valence-corrected chi connectivity index (χ0v) is 15.0. The number of benzene rings is 1. The lowest BCUT2D eigenvalue weighted by Crippen LogP contribution is -2.53. The van der Waals surface area contributed by atoms with Crippen molar-refractivity contribution in [2.24, 2.45) is 0 Å². The van der Waals surface area contributed by atoms with E-state index in [9.17, 15) is 4.79 Å². The molecule has 0 saturated heterocycles. The van der Waals surface area contributed by atoms with Gasteiger partial charge >= 0.3 is 0 Å². The first-order valence-electron chi connectivity index (χ1n) is 7.81. The van der Waals surface area contributed by atoms with Crippen molar-refractivity contribution >= 4 is 28.8 Å². The predicted molar refractivity (Wildman–Crippen MR) is 96.3 cm³/mol. The maximum absolute atomic E-state index is 12.2. The van der Waals surface area contributed by atoms with Crippen molar-refractivity contribution in [3.63, 3.8) is 0 Å². The third-order valence-electron chi connectivity index (χ3n) is 4.47. The van der Waals surface area contributed by atoms with Crippen molar-refractivity contribution < 1.29 is 4.79 Å². The van der Waals surface area contributed by atoms with Gasteiger partial charge in [0.1, 0.15) is 0 Å². The molecule has 122 valence electrons. The standard InChI is InChI=1S/C18H21ClN2OS/c1-18(2,12-20-17(22)15-7-8-16(19)23-15)21-10-9-13-5-3-4-6-14(13)11-21/h3-8H,9-12H2,1-2H3,(H,20,22). The van der Waals surface area contributed by atoms with Crippen LogP contribution in [0.1, 0.15) is 34.6 Å². The van der Waals surface area contributed by atoms with Gasteiger partial charge in [-0.15, -0.1) is 11.3 Å². The van der Waals surface area contributed by atoms with Crippen molar-refractivity contribution in [1.29, 1.82) is 0 Å². The molecule has 2 aromatic rings. The van der Waals surface area contributed by atoms with Crippen LogP contribution in [-0.4, -0.2) is 29.4 Å². The van der Waals surface area contributed by atoms with Crippen LogP contribution in [0.4, 0.5) is 0 Å². The average molecular weight is 349 g/mol. The summed E-state index contributed by atoms with van der Waals surface area (Å²) in [6.07, 6.45) is 1.06. The van der Waals surface area contributed by atoms with Crippen LogP contribution < -0.4 is 5.32 Å². The first-order valence-corrected chi connectivity index (χ1v) is 9.00. The Balaban J connectivity index is 1.62. The molecule has 23 heavy (non-hydrogen) atoms. The minimum Gasteiger partial charge on any atom is -0.349 e. The van der Waals surface area contributed by atoms with Gasteiger partial charge in [0.25, 0.3) is 5.91 Å². The number of rotatable bonds is 4. The Kier molecular flexibility index (Phi) is 4.76. The molecule has 0 bridgehead atoms. The fourth-order valence-electron chi connectivity index (χ4n) is 2.94. The van der Waals surface area contributed by atoms with E-state index in [1.807, 2.05) is 0 Å². The monoisotopic (exact) mass is 348 g/mol. The summed E-state index contributed by atoms with van der Waals surface area (Å²) in [5.74, 6) is -0.0487. The number of hydrogen-bond donors (Lipinski definition) is 1. The molecule has 0 fully saturated rings. The average Bonchev–Trinajstić information content (AvgIpc) is 2.99. The Bertz CT molecular complexity index is 711. The summed E-state index contributed by atoms with van der Waals surface area (Å²) in [4.78, 5) is 15.3. The molecule has 1 aliphatic rings. The van der Waals surface area contributed by atoms with Crippen LogP contribution in [0, 0.1) is 0 Å². The first kappa shape index (κ1) is 16.5. The molecule has 0 spiro atoms. The maximum Gasteiger partial charge on any atom is 0.261 e. The molecule has 3 nitrogen and oxygen atoms in total. The zero-order valence-electron chi connectivity index (χ0n) is 13.4. The lowest BCUT2D eigenvalue weighted by atomic mass is 9.94. The van der Waals surface area contributed by atoms with Crippen molar-refractivity contribution in [1.82, 2.24) is 10.2 Å². The number of amides is 1. The topological polar surface area (TPSA) is 32.3 Å². The van der Waals surface area contributed by atoms with Crippen LogP contribution in [0.15, 0.2) is 36.4 Å². The highest BCUT2D eigenvalue weighted by Gasteiger charge is 2.30. The Morgan fingerprint density at radius 3 is 2.70 bits per heavy atom. The smallest absolute Gasteiger partial charge is 0.261 e. The van der Waals surface area contributed by atoms with Gasteiger partial charge in [0, 0.05) is 25.2 Å². The van der Waals surface area contributed by atoms with Crippen molar-refractivity contribution in [2.75, 3.05) is 13.1 Å². The molecule has 0 unspecified atom stereocenters. The largest absolute Gasteiger partial charge is 0.349 e. The van der Waals surface area contributed by atoms with Gasteiger partial charge in [-0.05, 0) is 43.5 Å². The molecule has 1 N–H and O–H groups in total. The molecule has 1 aromatic carbocycles. The Hall–Kier alpha value is -1.36. The van der Waals surface area contributed by atoms with Gasteiger partial charge in [-0.2, -0.15) is 0 Å². The number of carbonyl (C=O) groups is 1. The van der Waals surface area contributed by atoms with E-state index in [2.05, 4.69) is 48.3 Å². The minimum absolute atomic E-state index is 0.0487. The summed E-state index contributed by atoms with van der Waals surface area (Å²) in [7, 11) is 0. The van der Waals surface area contributed by atoms with Gasteiger partial charge in [-0.25, -0.2) is 0 Å². The molecule has 5 heteroatoms. The van der Waals surface area contributed by atoms with E-state index >= 15 is 0 Å². The van der Waals surface area contributed by atoms with E-state index in [-0.39, 0.29) is 11.4 Å². The summed E-state index contributed by atoms with van der Waals surface area (Å²) in [6.45, 7) is 6.93. The molecule has 0 saturated carbocycles. The van der Waals surface area contributed by atoms with Crippen molar-refractivity contribution in [2.45, 2.75) is 32.4 Å². The summed E-state index contributed by atoms with van der Waals surface area (Å²) < 4.78 is 0.641. The third-order valence-corrected chi connectivity index (χ3v) is 5.70. The third kappa shape index (κ3) is 3.77. The van der Waals surface area contributed by atoms with Crippen molar-refractivity contribution in [3.05, 3.63) is 56.7 Å². The predicted octanol–water partition coefficient (Wildman–Crippen LogP) is 3.97. The van der Waals surface area contributed by atoms with Gasteiger partial charge in [-0.3, -0.25) is 9.69 Å². The molecule has 1 aromatic heterocycles. The van der Waals surface area contributed by atoms with Crippen LogP contribution in [0.3, 0.4) is 0 Å². The van der Waals surface area contributed by atoms with E-state index in [4.69, 9.17) is 11.6 Å². The van der Waals surface area contributed by atoms with E-state index < -0.39 is 0 Å². The highest BCUT2D eigenvalue weighted by atomic mass is 35.5. The van der Waals surface area contributed by atoms with Crippen LogP contribution in [0.5, 0.6) is 0 Å². The van der Waals surface area contributed by atoms with Crippen LogP contribution in [-0.2, 0) is 13.0 Å². The van der Waals surface area contributed by atoms with Gasteiger partial charge in [0.15, 0.2) is 0 Å². The van der Waals surface area contributed by atoms with Crippen LogP contribution >= 0.6 is 22.9 Å². The number of thiophene rings is 1. The fourth-order valence-corrected chi connectivity index (χ4v) is 3.90. The Morgan fingerprint density at radius 1 is 1.26 bits per heavy atom. The second kappa shape index (κ2) is 6.63. The highest BCUT2D eigenvalue weighted by molar-refractivity contribution is 7.17. The number of nitrogens with one attached hydrogen (secondary N) is 1. The molecule has 0 atom stereocenters. The fraction of sp³-hybridized carbons (Fsp3) is 0.389. The van der Waals surface area contributed by atoms with Gasteiger partial charge < -0.3 is 5.32 Å². The molecular weight excluding hydrogens is 328 g/mol.